The fourth-order valence-electron chi connectivity index (χ4n) is 4.13. The van der Waals surface area contributed by atoms with E-state index in [1.54, 1.807) is 0 Å². The first-order valence-corrected chi connectivity index (χ1v) is 9.27. The van der Waals surface area contributed by atoms with Crippen molar-refractivity contribution in [2.75, 3.05) is 6.61 Å². The number of carbonyl (C=O) groups is 2. The van der Waals surface area contributed by atoms with E-state index < -0.39 is 12.0 Å². The number of benzene rings is 1. The zero-order valence-corrected chi connectivity index (χ0v) is 14.7. The molecule has 0 radical (unpaired) electrons. The standard InChI is InChI=1S/C20H27NO4/c1-13-11-16(9-10-25-13)19(22)21-18(20(23)24)12-15-7-4-6-14-5-2-3-8-17(14)15/h2-3,5,8,13,15-16,18H,4,6-7,9-12H2,1H3,(H,21,22)(H,23,24)/t13-,15-,16-,18-/m1/s1. The zero-order chi connectivity index (χ0) is 17.8. The third-order valence-corrected chi connectivity index (χ3v) is 5.48. The number of hydrogen-bond acceptors (Lipinski definition) is 3. The van der Waals surface area contributed by atoms with E-state index in [9.17, 15) is 14.7 Å². The summed E-state index contributed by atoms with van der Waals surface area (Å²) in [5.41, 5.74) is 2.56. The molecule has 1 aliphatic heterocycles. The first kappa shape index (κ1) is 17.9. The molecule has 136 valence electrons. The first-order valence-electron chi connectivity index (χ1n) is 9.27. The number of carbonyl (C=O) groups excluding carboxylic acids is 1. The van der Waals surface area contributed by atoms with Gasteiger partial charge in [-0.05, 0) is 62.5 Å². The Morgan fingerprint density at radius 3 is 2.88 bits per heavy atom. The van der Waals surface area contributed by atoms with Crippen molar-refractivity contribution in [1.82, 2.24) is 5.32 Å². The topological polar surface area (TPSA) is 75.6 Å². The Morgan fingerprint density at radius 1 is 1.32 bits per heavy atom. The van der Waals surface area contributed by atoms with Gasteiger partial charge in [-0.3, -0.25) is 4.79 Å². The van der Waals surface area contributed by atoms with Crippen molar-refractivity contribution in [2.45, 2.75) is 63.5 Å². The van der Waals surface area contributed by atoms with Gasteiger partial charge in [0.05, 0.1) is 6.10 Å². The minimum atomic E-state index is -0.948. The molecule has 5 nitrogen and oxygen atoms in total. The summed E-state index contributed by atoms with van der Waals surface area (Å²) in [5, 5.41) is 12.4. The van der Waals surface area contributed by atoms with E-state index in [0.29, 0.717) is 25.9 Å². The van der Waals surface area contributed by atoms with E-state index in [4.69, 9.17) is 4.74 Å². The maximum absolute atomic E-state index is 12.5. The highest BCUT2D eigenvalue weighted by molar-refractivity contribution is 5.85. The van der Waals surface area contributed by atoms with Crippen molar-refractivity contribution in [1.29, 1.82) is 0 Å². The third-order valence-electron chi connectivity index (χ3n) is 5.48. The average molecular weight is 345 g/mol. The van der Waals surface area contributed by atoms with E-state index in [-0.39, 0.29) is 23.8 Å². The van der Waals surface area contributed by atoms with Crippen LogP contribution in [0.5, 0.6) is 0 Å². The summed E-state index contributed by atoms with van der Waals surface area (Å²) in [4.78, 5) is 24.2. The summed E-state index contributed by atoms with van der Waals surface area (Å²) in [7, 11) is 0. The van der Waals surface area contributed by atoms with Crippen LogP contribution in [0, 0.1) is 5.92 Å². The third kappa shape index (κ3) is 4.40. The molecule has 25 heavy (non-hydrogen) atoms. The molecular formula is C20H27NO4. The van der Waals surface area contributed by atoms with Gasteiger partial charge in [0.1, 0.15) is 6.04 Å². The van der Waals surface area contributed by atoms with Gasteiger partial charge in [0.15, 0.2) is 0 Å². The van der Waals surface area contributed by atoms with Gasteiger partial charge in [-0.15, -0.1) is 0 Å². The van der Waals surface area contributed by atoms with Gasteiger partial charge in [0.2, 0.25) is 5.91 Å². The quantitative estimate of drug-likeness (QED) is 0.860. The van der Waals surface area contributed by atoms with Crippen molar-refractivity contribution >= 4 is 11.9 Å². The van der Waals surface area contributed by atoms with Crippen LogP contribution in [-0.2, 0) is 20.7 Å². The smallest absolute Gasteiger partial charge is 0.326 e. The largest absolute Gasteiger partial charge is 0.480 e. The fraction of sp³-hybridized carbons (Fsp3) is 0.600. The molecule has 0 spiro atoms. The Kier molecular flexibility index (Phi) is 5.74. The van der Waals surface area contributed by atoms with Crippen LogP contribution in [0.2, 0.25) is 0 Å². The molecule has 4 atom stereocenters. The molecule has 0 aromatic heterocycles. The van der Waals surface area contributed by atoms with Gasteiger partial charge in [0, 0.05) is 12.5 Å². The Hall–Kier alpha value is -1.88. The van der Waals surface area contributed by atoms with E-state index >= 15 is 0 Å². The van der Waals surface area contributed by atoms with E-state index in [1.807, 2.05) is 19.1 Å². The molecule has 0 unspecified atom stereocenters. The molecule has 1 aliphatic carbocycles. The highest BCUT2D eigenvalue weighted by Crippen LogP contribution is 2.34. The Labute approximate surface area is 148 Å². The lowest BCUT2D eigenvalue weighted by atomic mass is 9.79. The zero-order valence-electron chi connectivity index (χ0n) is 14.7. The summed E-state index contributed by atoms with van der Waals surface area (Å²) in [6.07, 6.45) is 4.93. The molecule has 1 heterocycles. The summed E-state index contributed by atoms with van der Waals surface area (Å²) in [6.45, 7) is 2.51. The van der Waals surface area contributed by atoms with Gasteiger partial charge in [-0.1, -0.05) is 24.3 Å². The molecule has 1 amide bonds. The second-order valence-electron chi connectivity index (χ2n) is 7.33. The second kappa shape index (κ2) is 8.00. The molecule has 0 bridgehead atoms. The molecule has 1 aromatic carbocycles. The van der Waals surface area contributed by atoms with Crippen molar-refractivity contribution < 1.29 is 19.4 Å². The van der Waals surface area contributed by atoms with Crippen molar-refractivity contribution in [3.8, 4) is 0 Å². The lowest BCUT2D eigenvalue weighted by Crippen LogP contribution is -2.46. The fourth-order valence-corrected chi connectivity index (χ4v) is 4.13. The number of fused-ring (bicyclic) bond motifs is 1. The monoisotopic (exact) mass is 345 g/mol. The molecule has 1 aromatic rings. The minimum Gasteiger partial charge on any atom is -0.480 e. The number of aliphatic carboxylic acids is 1. The lowest BCUT2D eigenvalue weighted by molar-refractivity contribution is -0.143. The molecule has 1 saturated heterocycles. The SMILES string of the molecule is C[C@@H]1C[C@H](C(=O)N[C@H](C[C@H]2CCCc3ccccc32)C(=O)O)CCO1. The second-order valence-corrected chi connectivity index (χ2v) is 7.33. The van der Waals surface area contributed by atoms with Crippen LogP contribution in [0.1, 0.15) is 56.1 Å². The van der Waals surface area contributed by atoms with Crippen LogP contribution in [0.25, 0.3) is 0 Å². The van der Waals surface area contributed by atoms with Crippen LogP contribution < -0.4 is 5.32 Å². The molecule has 0 saturated carbocycles. The number of rotatable bonds is 5. The minimum absolute atomic E-state index is 0.0537. The molecule has 2 N–H and O–H groups in total. The summed E-state index contributed by atoms with van der Waals surface area (Å²) in [6, 6.07) is 7.43. The van der Waals surface area contributed by atoms with Crippen LogP contribution >= 0.6 is 0 Å². The average Bonchev–Trinajstić information content (AvgIpc) is 2.61. The highest BCUT2D eigenvalue weighted by atomic mass is 16.5. The van der Waals surface area contributed by atoms with Gasteiger partial charge in [-0.25, -0.2) is 4.79 Å². The molecule has 5 heteroatoms. The van der Waals surface area contributed by atoms with E-state index in [0.717, 1.165) is 19.3 Å². The first-order chi connectivity index (χ1) is 12.0. The number of nitrogens with one attached hydrogen (secondary N) is 1. The number of carboxylic acid groups (broad SMARTS) is 1. The maximum Gasteiger partial charge on any atom is 0.326 e. The lowest BCUT2D eigenvalue weighted by Gasteiger charge is -2.30. The summed E-state index contributed by atoms with van der Waals surface area (Å²) < 4.78 is 5.47. The Balaban J connectivity index is 1.66. The summed E-state index contributed by atoms with van der Waals surface area (Å²) >= 11 is 0. The number of carboxylic acids is 1. The number of aryl methyl sites for hydroxylation is 1. The van der Waals surface area contributed by atoms with Crippen molar-refractivity contribution in [2.24, 2.45) is 5.92 Å². The van der Waals surface area contributed by atoms with Gasteiger partial charge >= 0.3 is 5.97 Å². The normalized spacial score (nSPS) is 27.2. The molecule has 3 rings (SSSR count). The Morgan fingerprint density at radius 2 is 2.12 bits per heavy atom. The molecule has 2 aliphatic rings. The van der Waals surface area contributed by atoms with Gasteiger partial charge in [-0.2, -0.15) is 0 Å². The Bertz CT molecular complexity index is 630. The van der Waals surface area contributed by atoms with Crippen molar-refractivity contribution in [3.05, 3.63) is 35.4 Å². The van der Waals surface area contributed by atoms with E-state index in [1.165, 1.54) is 11.1 Å². The predicted molar refractivity (Wildman–Crippen MR) is 94.4 cm³/mol. The maximum atomic E-state index is 12.5. The highest BCUT2D eigenvalue weighted by Gasteiger charge is 2.31. The summed E-state index contributed by atoms with van der Waals surface area (Å²) in [5.74, 6) is -1.05. The number of amides is 1. The van der Waals surface area contributed by atoms with Gasteiger partial charge in [0.25, 0.3) is 0 Å². The van der Waals surface area contributed by atoms with Crippen LogP contribution in [0.4, 0.5) is 0 Å². The van der Waals surface area contributed by atoms with E-state index in [2.05, 4.69) is 17.4 Å². The van der Waals surface area contributed by atoms with Crippen molar-refractivity contribution in [3.63, 3.8) is 0 Å². The van der Waals surface area contributed by atoms with Crippen LogP contribution in [0.15, 0.2) is 24.3 Å². The number of hydrogen-bond donors (Lipinski definition) is 2. The van der Waals surface area contributed by atoms with Crippen LogP contribution in [-0.4, -0.2) is 35.7 Å². The molecule has 1 fully saturated rings. The predicted octanol–water partition coefficient (Wildman–Crippen LogP) is 2.88. The number of ether oxygens (including phenoxy) is 1. The molecular weight excluding hydrogens is 318 g/mol. The van der Waals surface area contributed by atoms with Crippen LogP contribution in [0.3, 0.4) is 0 Å². The van der Waals surface area contributed by atoms with Gasteiger partial charge < -0.3 is 15.2 Å².